The maximum absolute atomic E-state index is 11.7. The molecule has 2 rings (SSSR count). The molecule has 18 heavy (non-hydrogen) atoms. The maximum Gasteiger partial charge on any atom is 0.269 e. The standard InChI is InChI=1S/C13H20N4O/c1-2-15-12(18)11-8-10(4-7-16-11)17-13(9-14)5-3-6-13/h4,7-8H,2-3,5-6,9,14H2,1H3,(H,15,18)(H,16,17). The number of rotatable bonds is 5. The number of aromatic nitrogens is 1. The molecule has 98 valence electrons. The van der Waals surface area contributed by atoms with Gasteiger partial charge in [0, 0.05) is 30.5 Å². The Bertz CT molecular complexity index is 423. The van der Waals surface area contributed by atoms with Crippen molar-refractivity contribution in [2.24, 2.45) is 5.73 Å². The van der Waals surface area contributed by atoms with Gasteiger partial charge < -0.3 is 16.4 Å². The van der Waals surface area contributed by atoms with E-state index in [1.807, 2.05) is 13.0 Å². The molecule has 1 aromatic rings. The van der Waals surface area contributed by atoms with Crippen LogP contribution in [0, 0.1) is 0 Å². The summed E-state index contributed by atoms with van der Waals surface area (Å²) < 4.78 is 0. The van der Waals surface area contributed by atoms with Gasteiger partial charge in [-0.3, -0.25) is 9.78 Å². The van der Waals surface area contributed by atoms with Gasteiger partial charge in [0.1, 0.15) is 5.69 Å². The van der Waals surface area contributed by atoms with Crippen LogP contribution in [0.25, 0.3) is 0 Å². The van der Waals surface area contributed by atoms with Crippen molar-refractivity contribution in [1.29, 1.82) is 0 Å². The highest BCUT2D eigenvalue weighted by molar-refractivity contribution is 5.93. The molecule has 5 nitrogen and oxygen atoms in total. The summed E-state index contributed by atoms with van der Waals surface area (Å²) in [5, 5.41) is 6.17. The van der Waals surface area contributed by atoms with Crippen molar-refractivity contribution in [3.05, 3.63) is 24.0 Å². The number of anilines is 1. The van der Waals surface area contributed by atoms with Crippen molar-refractivity contribution in [2.45, 2.75) is 31.7 Å². The molecule has 0 spiro atoms. The minimum Gasteiger partial charge on any atom is -0.378 e. The SMILES string of the molecule is CCNC(=O)c1cc(NC2(CN)CCC2)ccn1. The normalized spacial score (nSPS) is 16.8. The fraction of sp³-hybridized carbons (Fsp3) is 0.538. The number of nitrogens with two attached hydrogens (primary N) is 1. The zero-order chi connectivity index (χ0) is 13.0. The summed E-state index contributed by atoms with van der Waals surface area (Å²) in [6.45, 7) is 3.11. The molecule has 4 N–H and O–H groups in total. The third-order valence-electron chi connectivity index (χ3n) is 3.44. The molecule has 1 aromatic heterocycles. The lowest BCUT2D eigenvalue weighted by Gasteiger charge is -2.42. The Morgan fingerprint density at radius 2 is 2.33 bits per heavy atom. The molecule has 0 radical (unpaired) electrons. The minimum absolute atomic E-state index is 0.0137. The smallest absolute Gasteiger partial charge is 0.269 e. The first-order chi connectivity index (χ1) is 8.69. The van der Waals surface area contributed by atoms with Crippen molar-refractivity contribution >= 4 is 11.6 Å². The molecule has 0 aromatic carbocycles. The van der Waals surface area contributed by atoms with E-state index in [4.69, 9.17) is 5.73 Å². The largest absolute Gasteiger partial charge is 0.378 e. The number of pyridine rings is 1. The summed E-state index contributed by atoms with van der Waals surface area (Å²) in [7, 11) is 0. The highest BCUT2D eigenvalue weighted by Crippen LogP contribution is 2.34. The van der Waals surface area contributed by atoms with Crippen LogP contribution in [0.3, 0.4) is 0 Å². The summed E-state index contributed by atoms with van der Waals surface area (Å²) in [6.07, 6.45) is 5.03. The van der Waals surface area contributed by atoms with Crippen LogP contribution in [0.5, 0.6) is 0 Å². The Kier molecular flexibility index (Phi) is 3.81. The van der Waals surface area contributed by atoms with Crippen LogP contribution in [0.1, 0.15) is 36.7 Å². The summed E-state index contributed by atoms with van der Waals surface area (Å²) in [6, 6.07) is 3.65. The number of carbonyl (C=O) groups excluding carboxylic acids is 1. The third kappa shape index (κ3) is 2.61. The van der Waals surface area contributed by atoms with E-state index in [1.165, 1.54) is 6.42 Å². The second-order valence-electron chi connectivity index (χ2n) is 4.75. The first kappa shape index (κ1) is 12.8. The summed E-state index contributed by atoms with van der Waals surface area (Å²) in [5.41, 5.74) is 7.17. The van der Waals surface area contributed by atoms with Gasteiger partial charge in [0.05, 0.1) is 0 Å². The molecule has 5 heteroatoms. The lowest BCUT2D eigenvalue weighted by molar-refractivity contribution is 0.0951. The van der Waals surface area contributed by atoms with Crippen LogP contribution >= 0.6 is 0 Å². The van der Waals surface area contributed by atoms with Crippen LogP contribution < -0.4 is 16.4 Å². The van der Waals surface area contributed by atoms with E-state index in [-0.39, 0.29) is 11.4 Å². The van der Waals surface area contributed by atoms with Crippen LogP contribution in [-0.4, -0.2) is 29.5 Å². The van der Waals surface area contributed by atoms with Gasteiger partial charge >= 0.3 is 0 Å². The van der Waals surface area contributed by atoms with E-state index >= 15 is 0 Å². The molecule has 1 aliphatic carbocycles. The van der Waals surface area contributed by atoms with Gasteiger partial charge in [-0.25, -0.2) is 0 Å². The van der Waals surface area contributed by atoms with Crippen molar-refractivity contribution in [3.8, 4) is 0 Å². The molecule has 1 aliphatic rings. The second-order valence-corrected chi connectivity index (χ2v) is 4.75. The highest BCUT2D eigenvalue weighted by atomic mass is 16.1. The second kappa shape index (κ2) is 5.35. The molecule has 1 saturated carbocycles. The lowest BCUT2D eigenvalue weighted by Crippen LogP contribution is -2.51. The first-order valence-electron chi connectivity index (χ1n) is 6.41. The molecular formula is C13H20N4O. The van der Waals surface area contributed by atoms with E-state index in [1.54, 1.807) is 12.3 Å². The summed E-state index contributed by atoms with van der Waals surface area (Å²) in [5.74, 6) is -0.142. The number of hydrogen-bond acceptors (Lipinski definition) is 4. The molecular weight excluding hydrogens is 228 g/mol. The molecule has 1 heterocycles. The van der Waals surface area contributed by atoms with Gasteiger partial charge in [-0.15, -0.1) is 0 Å². The summed E-state index contributed by atoms with van der Waals surface area (Å²) in [4.78, 5) is 15.8. The Hall–Kier alpha value is -1.62. The molecule has 0 atom stereocenters. The Balaban J connectivity index is 2.09. The zero-order valence-electron chi connectivity index (χ0n) is 10.7. The van der Waals surface area contributed by atoms with Gasteiger partial charge in [-0.2, -0.15) is 0 Å². The Labute approximate surface area is 107 Å². The summed E-state index contributed by atoms with van der Waals surface area (Å²) >= 11 is 0. The predicted octanol–water partition coefficient (Wildman–Crippen LogP) is 1.12. The van der Waals surface area contributed by atoms with E-state index in [9.17, 15) is 4.79 Å². The minimum atomic E-state index is -0.142. The number of hydrogen-bond donors (Lipinski definition) is 3. The maximum atomic E-state index is 11.7. The molecule has 0 unspecified atom stereocenters. The predicted molar refractivity (Wildman–Crippen MR) is 71.5 cm³/mol. The molecule has 1 fully saturated rings. The Morgan fingerprint density at radius 1 is 1.56 bits per heavy atom. The van der Waals surface area contributed by atoms with Crippen molar-refractivity contribution in [2.75, 3.05) is 18.4 Å². The quantitative estimate of drug-likeness (QED) is 0.729. The number of carbonyl (C=O) groups is 1. The van der Waals surface area contributed by atoms with Gasteiger partial charge in [0.25, 0.3) is 5.91 Å². The van der Waals surface area contributed by atoms with E-state index in [0.29, 0.717) is 18.8 Å². The zero-order valence-corrected chi connectivity index (χ0v) is 10.7. The van der Waals surface area contributed by atoms with Gasteiger partial charge in [-0.1, -0.05) is 0 Å². The fourth-order valence-corrected chi connectivity index (χ4v) is 2.17. The number of nitrogens with one attached hydrogen (secondary N) is 2. The monoisotopic (exact) mass is 248 g/mol. The molecule has 0 aliphatic heterocycles. The van der Waals surface area contributed by atoms with Crippen LogP contribution in [-0.2, 0) is 0 Å². The highest BCUT2D eigenvalue weighted by Gasteiger charge is 2.35. The fourth-order valence-electron chi connectivity index (χ4n) is 2.17. The molecule has 0 bridgehead atoms. The molecule has 0 saturated heterocycles. The average Bonchev–Trinajstić information content (AvgIpc) is 2.34. The molecule has 1 amide bonds. The van der Waals surface area contributed by atoms with Crippen LogP contribution in [0.4, 0.5) is 5.69 Å². The topological polar surface area (TPSA) is 80.0 Å². The number of amides is 1. The number of nitrogens with zero attached hydrogens (tertiary/aromatic N) is 1. The first-order valence-corrected chi connectivity index (χ1v) is 6.41. The van der Waals surface area contributed by atoms with Gasteiger partial charge in [0.2, 0.25) is 0 Å². The van der Waals surface area contributed by atoms with Crippen molar-refractivity contribution in [3.63, 3.8) is 0 Å². The Morgan fingerprint density at radius 3 is 2.89 bits per heavy atom. The lowest BCUT2D eigenvalue weighted by atomic mass is 9.76. The van der Waals surface area contributed by atoms with Gasteiger partial charge in [-0.05, 0) is 38.3 Å². The van der Waals surface area contributed by atoms with Gasteiger partial charge in [0.15, 0.2) is 0 Å². The van der Waals surface area contributed by atoms with Crippen molar-refractivity contribution in [1.82, 2.24) is 10.3 Å². The van der Waals surface area contributed by atoms with E-state index in [0.717, 1.165) is 18.5 Å². The van der Waals surface area contributed by atoms with E-state index in [2.05, 4.69) is 15.6 Å². The third-order valence-corrected chi connectivity index (χ3v) is 3.44. The van der Waals surface area contributed by atoms with Crippen molar-refractivity contribution < 1.29 is 4.79 Å². The van der Waals surface area contributed by atoms with Crippen LogP contribution in [0.15, 0.2) is 18.3 Å². The van der Waals surface area contributed by atoms with Crippen LogP contribution in [0.2, 0.25) is 0 Å². The average molecular weight is 248 g/mol. The van der Waals surface area contributed by atoms with E-state index < -0.39 is 0 Å².